The monoisotopic (exact) mass is 449 g/mol. The fraction of sp³-hybridized carbons (Fsp3) is 0.652. The molecule has 1 aromatic rings. The third-order valence-electron chi connectivity index (χ3n) is 4.91. The zero-order valence-electron chi connectivity index (χ0n) is 19.7. The summed E-state index contributed by atoms with van der Waals surface area (Å²) < 4.78 is 10.3. The number of nitrogens with one attached hydrogen (secondary N) is 1. The van der Waals surface area contributed by atoms with E-state index in [-0.39, 0.29) is 24.4 Å². The summed E-state index contributed by atoms with van der Waals surface area (Å²) in [6, 6.07) is 2.34. The van der Waals surface area contributed by atoms with E-state index in [1.165, 1.54) is 18.1 Å². The van der Waals surface area contributed by atoms with E-state index in [2.05, 4.69) is 17.4 Å². The lowest BCUT2D eigenvalue weighted by Crippen LogP contribution is -2.47. The zero-order valence-corrected chi connectivity index (χ0v) is 19.7. The Bertz CT molecular complexity index is 871. The number of nitrogens with zero attached hydrogens (tertiary/aromatic N) is 2. The molecule has 0 saturated carbocycles. The molecule has 0 bridgehead atoms. The Kier molecular flexibility index (Phi) is 9.43. The smallest absolute Gasteiger partial charge is 0.348 e. The third kappa shape index (κ3) is 7.47. The van der Waals surface area contributed by atoms with Gasteiger partial charge in [-0.3, -0.25) is 9.59 Å². The molecule has 9 nitrogen and oxygen atoms in total. The summed E-state index contributed by atoms with van der Waals surface area (Å²) in [6.07, 6.45) is 3.88. The molecule has 2 amide bonds. The molecule has 0 radical (unpaired) electrons. The van der Waals surface area contributed by atoms with Gasteiger partial charge < -0.3 is 24.2 Å². The van der Waals surface area contributed by atoms with Crippen LogP contribution in [0.25, 0.3) is 0 Å². The van der Waals surface area contributed by atoms with E-state index in [1.807, 2.05) is 20.8 Å². The number of ether oxygens (including phenoxy) is 1. The van der Waals surface area contributed by atoms with Crippen molar-refractivity contribution in [1.82, 2.24) is 10.2 Å². The maximum atomic E-state index is 13.2. The Morgan fingerprint density at radius 3 is 2.66 bits per heavy atom. The van der Waals surface area contributed by atoms with Gasteiger partial charge in [-0.2, -0.15) is 0 Å². The standard InChI is InChI=1S/C23H35N3O6/c1-6-7-8-9-17-10-11-18(22(29)31-17)21(28)26-15-16(25-32-23(2,3)4)14-19(26)20(27)24-12-13-30-5/h10-11,19H,6-9,12-15H2,1-5H3,(H,24,27)/b25-16+/t19-/m0/s1. The van der Waals surface area contributed by atoms with Gasteiger partial charge in [-0.25, -0.2) is 4.79 Å². The van der Waals surface area contributed by atoms with Crippen molar-refractivity contribution in [3.05, 3.63) is 33.9 Å². The first-order valence-electron chi connectivity index (χ1n) is 11.1. The highest BCUT2D eigenvalue weighted by molar-refractivity contribution is 6.05. The van der Waals surface area contributed by atoms with E-state index in [0.717, 1.165) is 19.3 Å². The summed E-state index contributed by atoms with van der Waals surface area (Å²) in [5.41, 5.74) is -0.744. The van der Waals surface area contributed by atoms with Crippen LogP contribution in [0.15, 0.2) is 26.5 Å². The van der Waals surface area contributed by atoms with Crippen molar-refractivity contribution in [1.29, 1.82) is 0 Å². The van der Waals surface area contributed by atoms with Gasteiger partial charge >= 0.3 is 5.63 Å². The number of unbranched alkanes of at least 4 members (excludes halogenated alkanes) is 2. The van der Waals surface area contributed by atoms with Gasteiger partial charge in [0.1, 0.15) is 23.0 Å². The van der Waals surface area contributed by atoms with Crippen LogP contribution >= 0.6 is 0 Å². The number of aryl methyl sites for hydroxylation is 1. The zero-order chi connectivity index (χ0) is 23.7. The van der Waals surface area contributed by atoms with Gasteiger partial charge in [0.2, 0.25) is 5.91 Å². The molecule has 1 aliphatic heterocycles. The molecule has 2 rings (SSSR count). The molecule has 1 saturated heterocycles. The van der Waals surface area contributed by atoms with E-state index in [1.54, 1.807) is 6.07 Å². The third-order valence-corrected chi connectivity index (χ3v) is 4.91. The van der Waals surface area contributed by atoms with Gasteiger partial charge in [0, 0.05) is 26.5 Å². The second-order valence-electron chi connectivity index (χ2n) is 8.86. The number of amides is 2. The number of methoxy groups -OCH3 is 1. The Labute approximate surface area is 189 Å². The van der Waals surface area contributed by atoms with Crippen LogP contribution < -0.4 is 10.9 Å². The molecule has 1 aliphatic rings. The van der Waals surface area contributed by atoms with Crippen molar-refractivity contribution < 1.29 is 23.6 Å². The summed E-state index contributed by atoms with van der Waals surface area (Å²) in [5.74, 6) is -0.347. The first kappa shape index (κ1) is 25.6. The number of likely N-dealkylation sites (tertiary alicyclic amines) is 1. The van der Waals surface area contributed by atoms with Crippen molar-refractivity contribution in [3.8, 4) is 0 Å². The maximum absolute atomic E-state index is 13.2. The fourth-order valence-corrected chi connectivity index (χ4v) is 3.26. The van der Waals surface area contributed by atoms with Crippen LogP contribution in [0.3, 0.4) is 0 Å². The lowest BCUT2D eigenvalue weighted by molar-refractivity contribution is -0.125. The second kappa shape index (κ2) is 11.8. The van der Waals surface area contributed by atoms with Gasteiger partial charge in [-0.1, -0.05) is 24.9 Å². The van der Waals surface area contributed by atoms with Crippen LogP contribution in [0.1, 0.15) is 69.5 Å². The Hall–Kier alpha value is -2.68. The predicted octanol–water partition coefficient (Wildman–Crippen LogP) is 2.52. The normalized spacial score (nSPS) is 17.6. The number of carbonyl (C=O) groups is 2. The summed E-state index contributed by atoms with van der Waals surface area (Å²) in [6.45, 7) is 8.43. The first-order chi connectivity index (χ1) is 15.2. The molecule has 1 fully saturated rings. The lowest BCUT2D eigenvalue weighted by Gasteiger charge is -2.23. The van der Waals surface area contributed by atoms with Crippen molar-refractivity contribution >= 4 is 17.5 Å². The molecule has 32 heavy (non-hydrogen) atoms. The largest absolute Gasteiger partial charge is 0.427 e. The van der Waals surface area contributed by atoms with Crippen LogP contribution in [0.5, 0.6) is 0 Å². The predicted molar refractivity (Wildman–Crippen MR) is 121 cm³/mol. The van der Waals surface area contributed by atoms with E-state index in [9.17, 15) is 14.4 Å². The summed E-state index contributed by atoms with van der Waals surface area (Å²) >= 11 is 0. The highest BCUT2D eigenvalue weighted by atomic mass is 16.6. The molecule has 0 aromatic carbocycles. The van der Waals surface area contributed by atoms with Crippen LogP contribution in [0.4, 0.5) is 0 Å². The molecule has 1 aromatic heterocycles. The van der Waals surface area contributed by atoms with E-state index in [4.69, 9.17) is 14.0 Å². The SMILES string of the molecule is CCCCCc1ccc(C(=O)N2C/C(=N/OC(C)(C)C)C[C@H]2C(=O)NCCOC)c(=O)o1. The van der Waals surface area contributed by atoms with Crippen molar-refractivity contribution in [3.63, 3.8) is 0 Å². The highest BCUT2D eigenvalue weighted by Crippen LogP contribution is 2.20. The molecule has 2 heterocycles. The minimum absolute atomic E-state index is 0.0922. The molecule has 1 N–H and O–H groups in total. The molecule has 0 aliphatic carbocycles. The molecular formula is C23H35N3O6. The fourth-order valence-electron chi connectivity index (χ4n) is 3.26. The quantitative estimate of drug-likeness (QED) is 0.434. The number of hydrogen-bond donors (Lipinski definition) is 1. The van der Waals surface area contributed by atoms with Crippen molar-refractivity contribution in [2.75, 3.05) is 26.8 Å². The molecule has 0 spiro atoms. The van der Waals surface area contributed by atoms with Gasteiger partial charge in [-0.15, -0.1) is 0 Å². The van der Waals surface area contributed by atoms with Crippen molar-refractivity contribution in [2.45, 2.75) is 71.4 Å². The first-order valence-corrected chi connectivity index (χ1v) is 11.1. The minimum Gasteiger partial charge on any atom is -0.427 e. The number of carbonyl (C=O) groups excluding carboxylic acids is 2. The van der Waals surface area contributed by atoms with Gasteiger partial charge in [-0.05, 0) is 39.3 Å². The molecule has 9 heteroatoms. The van der Waals surface area contributed by atoms with Gasteiger partial charge in [0.15, 0.2) is 0 Å². The van der Waals surface area contributed by atoms with Crippen LogP contribution in [0, 0.1) is 0 Å². The molecule has 178 valence electrons. The van der Waals surface area contributed by atoms with Crippen LogP contribution in [-0.4, -0.2) is 60.9 Å². The second-order valence-corrected chi connectivity index (χ2v) is 8.86. The van der Waals surface area contributed by atoms with Gasteiger partial charge in [0.05, 0.1) is 18.9 Å². The van der Waals surface area contributed by atoms with Crippen molar-refractivity contribution in [2.24, 2.45) is 5.16 Å². The Morgan fingerprint density at radius 2 is 2.03 bits per heavy atom. The summed E-state index contributed by atoms with van der Waals surface area (Å²) in [5, 5.41) is 6.90. The number of hydrogen-bond acceptors (Lipinski definition) is 7. The molecular weight excluding hydrogens is 414 g/mol. The minimum atomic E-state index is -0.801. The van der Waals surface area contributed by atoms with Crippen LogP contribution in [-0.2, 0) is 20.8 Å². The number of oxime groups is 1. The van der Waals surface area contributed by atoms with E-state index in [0.29, 0.717) is 31.0 Å². The molecule has 1 atom stereocenters. The summed E-state index contributed by atoms with van der Waals surface area (Å²) in [7, 11) is 1.54. The highest BCUT2D eigenvalue weighted by Gasteiger charge is 2.39. The lowest BCUT2D eigenvalue weighted by atomic mass is 10.1. The summed E-state index contributed by atoms with van der Waals surface area (Å²) in [4.78, 5) is 45.3. The Morgan fingerprint density at radius 1 is 1.28 bits per heavy atom. The maximum Gasteiger partial charge on any atom is 0.348 e. The van der Waals surface area contributed by atoms with Crippen LogP contribution in [0.2, 0.25) is 0 Å². The van der Waals surface area contributed by atoms with E-state index >= 15 is 0 Å². The van der Waals surface area contributed by atoms with Gasteiger partial charge in [0.25, 0.3) is 5.91 Å². The van der Waals surface area contributed by atoms with E-state index < -0.39 is 23.2 Å². The average molecular weight is 450 g/mol. The molecule has 0 unspecified atom stereocenters. The topological polar surface area (TPSA) is 110 Å². The average Bonchev–Trinajstić information content (AvgIpc) is 3.16. The number of rotatable bonds is 10. The Balaban J connectivity index is 2.22.